The number of carbonyl (C=O) groups excluding carboxylic acids is 1. The molecule has 1 aliphatic rings. The molecule has 2 N–H and O–H groups in total. The van der Waals surface area contributed by atoms with Crippen LogP contribution in [0.4, 0.5) is 5.69 Å². The predicted molar refractivity (Wildman–Crippen MR) is 67.4 cm³/mol. The van der Waals surface area contributed by atoms with Crippen LogP contribution in [0.5, 0.6) is 0 Å². The third kappa shape index (κ3) is 2.32. The van der Waals surface area contributed by atoms with Gasteiger partial charge in [-0.15, -0.1) is 0 Å². The fourth-order valence-electron chi connectivity index (χ4n) is 2.06. The Morgan fingerprint density at radius 2 is 2.12 bits per heavy atom. The van der Waals surface area contributed by atoms with Gasteiger partial charge in [0.05, 0.1) is 11.6 Å². The number of allylic oxidation sites excluding steroid dienone is 2. The largest absolute Gasteiger partial charge is 0.398 e. The molecule has 2 rings (SSSR count). The lowest BCUT2D eigenvalue weighted by molar-refractivity contribution is -0.114. The molecular weight excluding hydrogens is 236 g/mol. The van der Waals surface area contributed by atoms with Crippen LogP contribution in [0.15, 0.2) is 18.2 Å². The molecule has 1 aromatic carbocycles. The number of rotatable bonds is 1. The molecule has 0 aromatic heterocycles. The van der Waals surface area contributed by atoms with Gasteiger partial charge in [-0.2, -0.15) is 5.26 Å². The van der Waals surface area contributed by atoms with Crippen molar-refractivity contribution >= 4 is 28.6 Å². The number of hydrogen-bond donors (Lipinski definition) is 1. The summed E-state index contributed by atoms with van der Waals surface area (Å²) in [6, 6.07) is 5.26. The zero-order valence-corrected chi connectivity index (χ0v) is 9.92. The molecule has 3 nitrogen and oxygen atoms in total. The van der Waals surface area contributed by atoms with Crippen molar-refractivity contribution in [2.24, 2.45) is 0 Å². The number of hydrogen-bond acceptors (Lipinski definition) is 3. The molecule has 0 radical (unpaired) electrons. The summed E-state index contributed by atoms with van der Waals surface area (Å²) in [6.07, 6.45) is 3.73. The highest BCUT2D eigenvalue weighted by Gasteiger charge is 2.17. The van der Waals surface area contributed by atoms with Crippen LogP contribution in [0.3, 0.4) is 0 Å². The van der Waals surface area contributed by atoms with Crippen LogP contribution < -0.4 is 5.73 Å². The number of carbonyl (C=O) groups is 1. The van der Waals surface area contributed by atoms with Crippen molar-refractivity contribution in [3.05, 3.63) is 34.4 Å². The number of nitriles is 1. The topological polar surface area (TPSA) is 66.9 Å². The van der Waals surface area contributed by atoms with Crippen molar-refractivity contribution < 1.29 is 4.79 Å². The Morgan fingerprint density at radius 1 is 1.35 bits per heavy atom. The first-order valence-corrected chi connectivity index (χ1v) is 5.72. The fourth-order valence-corrected chi connectivity index (χ4v) is 2.29. The van der Waals surface area contributed by atoms with Gasteiger partial charge in [0.25, 0.3) is 0 Å². The second-order valence-electron chi connectivity index (χ2n) is 4.02. The van der Waals surface area contributed by atoms with E-state index in [2.05, 4.69) is 6.07 Å². The average Bonchev–Trinajstić information content (AvgIpc) is 2.27. The fraction of sp³-hybridized carbons (Fsp3) is 0.231. The van der Waals surface area contributed by atoms with Gasteiger partial charge in [0.15, 0.2) is 5.78 Å². The van der Waals surface area contributed by atoms with Crippen LogP contribution >= 0.6 is 11.6 Å². The molecule has 0 fully saturated rings. The lowest BCUT2D eigenvalue weighted by Crippen LogP contribution is -2.05. The maximum Gasteiger partial charge on any atom is 0.155 e. The number of benzene rings is 1. The van der Waals surface area contributed by atoms with E-state index in [1.54, 1.807) is 18.2 Å². The predicted octanol–water partition coefficient (Wildman–Crippen LogP) is 2.93. The van der Waals surface area contributed by atoms with Gasteiger partial charge >= 0.3 is 0 Å². The SMILES string of the molecule is N#Cc1cc(Cl)cc(N)c1C1=CC(=O)CCC1. The third-order valence-corrected chi connectivity index (χ3v) is 3.00. The molecule has 0 saturated heterocycles. The maximum absolute atomic E-state index is 11.4. The van der Waals surface area contributed by atoms with Crippen LogP contribution in [-0.4, -0.2) is 5.78 Å². The molecular formula is C13H11ClN2O. The van der Waals surface area contributed by atoms with Gasteiger partial charge < -0.3 is 5.73 Å². The van der Waals surface area contributed by atoms with E-state index in [-0.39, 0.29) is 5.78 Å². The number of halogens is 1. The van der Waals surface area contributed by atoms with Gasteiger partial charge in [-0.25, -0.2) is 0 Å². The Balaban J connectivity index is 2.59. The van der Waals surface area contributed by atoms with E-state index in [0.717, 1.165) is 18.4 Å². The molecule has 86 valence electrons. The summed E-state index contributed by atoms with van der Waals surface area (Å²) >= 11 is 5.85. The van der Waals surface area contributed by atoms with E-state index in [1.807, 2.05) is 0 Å². The lowest BCUT2D eigenvalue weighted by Gasteiger charge is -2.15. The molecule has 0 heterocycles. The normalized spacial score (nSPS) is 15.3. The third-order valence-electron chi connectivity index (χ3n) is 2.78. The zero-order valence-electron chi connectivity index (χ0n) is 9.16. The summed E-state index contributed by atoms with van der Waals surface area (Å²) < 4.78 is 0. The minimum absolute atomic E-state index is 0.0875. The van der Waals surface area contributed by atoms with E-state index < -0.39 is 0 Å². The summed E-state index contributed by atoms with van der Waals surface area (Å²) in [5, 5.41) is 9.52. The molecule has 1 aromatic rings. The van der Waals surface area contributed by atoms with Crippen LogP contribution in [0.1, 0.15) is 30.4 Å². The van der Waals surface area contributed by atoms with Gasteiger partial charge in [-0.05, 0) is 36.6 Å². The van der Waals surface area contributed by atoms with Crippen LogP contribution in [-0.2, 0) is 4.79 Å². The highest BCUT2D eigenvalue weighted by molar-refractivity contribution is 6.31. The van der Waals surface area contributed by atoms with Crippen molar-refractivity contribution in [2.45, 2.75) is 19.3 Å². The molecule has 0 spiro atoms. The summed E-state index contributed by atoms with van der Waals surface area (Å²) in [6.45, 7) is 0. The number of ketones is 1. The summed E-state index contributed by atoms with van der Waals surface area (Å²) in [4.78, 5) is 11.4. The number of nitrogens with two attached hydrogens (primary N) is 1. The number of nitrogen functional groups attached to an aromatic ring is 1. The van der Waals surface area contributed by atoms with Crippen LogP contribution in [0.2, 0.25) is 5.02 Å². The van der Waals surface area contributed by atoms with Gasteiger partial charge in [-0.3, -0.25) is 4.79 Å². The first-order chi connectivity index (χ1) is 8.11. The van der Waals surface area contributed by atoms with Crippen molar-refractivity contribution in [2.75, 3.05) is 5.73 Å². The Labute approximate surface area is 104 Å². The molecule has 0 amide bonds. The van der Waals surface area contributed by atoms with Gasteiger partial charge in [0.2, 0.25) is 0 Å². The summed E-state index contributed by atoms with van der Waals surface area (Å²) in [5.74, 6) is 0.0875. The molecule has 4 heteroatoms. The zero-order chi connectivity index (χ0) is 12.4. The van der Waals surface area contributed by atoms with Crippen LogP contribution in [0.25, 0.3) is 5.57 Å². The summed E-state index contributed by atoms with van der Waals surface area (Å²) in [7, 11) is 0. The van der Waals surface area contributed by atoms with Crippen molar-refractivity contribution in [1.82, 2.24) is 0 Å². The molecule has 0 bridgehead atoms. The quantitative estimate of drug-likeness (QED) is 0.775. The number of nitrogens with zero attached hydrogens (tertiary/aromatic N) is 1. The Hall–Kier alpha value is -1.79. The van der Waals surface area contributed by atoms with Crippen molar-refractivity contribution in [1.29, 1.82) is 5.26 Å². The Kier molecular flexibility index (Phi) is 3.16. The Bertz CT molecular complexity index is 555. The second kappa shape index (κ2) is 4.60. The lowest BCUT2D eigenvalue weighted by atomic mass is 9.89. The minimum atomic E-state index is 0.0875. The number of anilines is 1. The van der Waals surface area contributed by atoms with E-state index in [4.69, 9.17) is 22.6 Å². The second-order valence-corrected chi connectivity index (χ2v) is 4.46. The van der Waals surface area contributed by atoms with E-state index >= 15 is 0 Å². The molecule has 0 unspecified atom stereocenters. The maximum atomic E-state index is 11.4. The van der Waals surface area contributed by atoms with Gasteiger partial charge in [0, 0.05) is 22.7 Å². The van der Waals surface area contributed by atoms with Crippen LogP contribution in [0, 0.1) is 11.3 Å². The highest BCUT2D eigenvalue weighted by Crippen LogP contribution is 2.33. The van der Waals surface area contributed by atoms with E-state index in [0.29, 0.717) is 28.3 Å². The Morgan fingerprint density at radius 3 is 2.76 bits per heavy atom. The smallest absolute Gasteiger partial charge is 0.155 e. The van der Waals surface area contributed by atoms with Crippen molar-refractivity contribution in [3.63, 3.8) is 0 Å². The standard InChI is InChI=1S/C13H11ClN2O/c14-10-4-9(7-15)13(12(16)6-10)8-2-1-3-11(17)5-8/h4-6H,1-3,16H2. The monoisotopic (exact) mass is 246 g/mol. The average molecular weight is 247 g/mol. The van der Waals surface area contributed by atoms with E-state index in [9.17, 15) is 4.79 Å². The molecule has 0 saturated carbocycles. The summed E-state index contributed by atoms with van der Waals surface area (Å²) in [5.41, 5.74) is 8.26. The first-order valence-electron chi connectivity index (χ1n) is 5.34. The molecule has 0 atom stereocenters. The van der Waals surface area contributed by atoms with Crippen molar-refractivity contribution in [3.8, 4) is 6.07 Å². The first kappa shape index (κ1) is 11.7. The van der Waals surface area contributed by atoms with Gasteiger partial charge in [0.1, 0.15) is 0 Å². The minimum Gasteiger partial charge on any atom is -0.398 e. The molecule has 17 heavy (non-hydrogen) atoms. The van der Waals surface area contributed by atoms with Gasteiger partial charge in [-0.1, -0.05) is 11.6 Å². The molecule has 1 aliphatic carbocycles. The molecule has 0 aliphatic heterocycles. The highest BCUT2D eigenvalue weighted by atomic mass is 35.5. The van der Waals surface area contributed by atoms with E-state index in [1.165, 1.54) is 0 Å².